The van der Waals surface area contributed by atoms with Crippen molar-refractivity contribution in [1.82, 2.24) is 15.6 Å². The lowest BCUT2D eigenvalue weighted by molar-refractivity contribution is -0.126. The Balaban J connectivity index is 1.91. The molecule has 1 amide bonds. The maximum atomic E-state index is 12.2. The van der Waals surface area contributed by atoms with Crippen LogP contribution in [-0.2, 0) is 11.3 Å². The fraction of sp³-hybridized carbons (Fsp3) is 0.571. The Kier molecular flexibility index (Phi) is 3.97. The topological polar surface area (TPSA) is 54.0 Å². The second-order valence-electron chi connectivity index (χ2n) is 5.55. The van der Waals surface area contributed by atoms with E-state index >= 15 is 0 Å². The van der Waals surface area contributed by atoms with E-state index in [9.17, 15) is 4.79 Å². The van der Waals surface area contributed by atoms with Crippen LogP contribution in [0.5, 0.6) is 0 Å². The minimum Gasteiger partial charge on any atom is -0.351 e. The molecule has 1 atom stereocenters. The summed E-state index contributed by atoms with van der Waals surface area (Å²) < 4.78 is 0. The molecule has 2 heterocycles. The van der Waals surface area contributed by atoms with Gasteiger partial charge in [0.15, 0.2) is 0 Å². The predicted molar refractivity (Wildman–Crippen MR) is 70.9 cm³/mol. The molecular weight excluding hydrogens is 226 g/mol. The zero-order valence-electron chi connectivity index (χ0n) is 11.1. The second kappa shape index (κ2) is 5.48. The van der Waals surface area contributed by atoms with Gasteiger partial charge in [0.25, 0.3) is 0 Å². The quantitative estimate of drug-likeness (QED) is 0.850. The van der Waals surface area contributed by atoms with Crippen LogP contribution in [-0.4, -0.2) is 23.5 Å². The lowest BCUT2D eigenvalue weighted by Gasteiger charge is -2.38. The predicted octanol–water partition coefficient (Wildman–Crippen LogP) is 1.48. The molecule has 4 nitrogen and oxygen atoms in total. The Morgan fingerprint density at radius 1 is 1.50 bits per heavy atom. The van der Waals surface area contributed by atoms with E-state index in [4.69, 9.17) is 0 Å². The summed E-state index contributed by atoms with van der Waals surface area (Å²) in [5, 5.41) is 6.32. The maximum Gasteiger partial charge on any atom is 0.237 e. The number of rotatable bonds is 3. The van der Waals surface area contributed by atoms with Gasteiger partial charge in [0.1, 0.15) is 0 Å². The van der Waals surface area contributed by atoms with E-state index in [1.54, 1.807) is 12.4 Å². The van der Waals surface area contributed by atoms with Crippen LogP contribution < -0.4 is 10.6 Å². The molecule has 4 heteroatoms. The fourth-order valence-corrected chi connectivity index (χ4v) is 2.45. The smallest absolute Gasteiger partial charge is 0.237 e. The van der Waals surface area contributed by atoms with Crippen LogP contribution in [0.1, 0.15) is 32.3 Å². The first-order valence-corrected chi connectivity index (χ1v) is 6.49. The zero-order chi connectivity index (χ0) is 13.0. The van der Waals surface area contributed by atoms with Crippen molar-refractivity contribution in [3.05, 3.63) is 30.1 Å². The maximum absolute atomic E-state index is 12.2. The van der Waals surface area contributed by atoms with Crippen LogP contribution in [0.15, 0.2) is 24.5 Å². The average molecular weight is 247 g/mol. The monoisotopic (exact) mass is 247 g/mol. The van der Waals surface area contributed by atoms with E-state index in [2.05, 4.69) is 29.5 Å². The third kappa shape index (κ3) is 3.07. The average Bonchev–Trinajstić information content (AvgIpc) is 2.37. The minimum atomic E-state index is -0.0897. The molecule has 1 aromatic heterocycles. The molecule has 1 unspecified atom stereocenters. The molecule has 0 aromatic carbocycles. The Morgan fingerprint density at radius 2 is 2.22 bits per heavy atom. The van der Waals surface area contributed by atoms with Crippen molar-refractivity contribution in [3.63, 3.8) is 0 Å². The van der Waals surface area contributed by atoms with Crippen molar-refractivity contribution in [2.75, 3.05) is 6.54 Å². The number of nitrogens with one attached hydrogen (secondary N) is 2. The summed E-state index contributed by atoms with van der Waals surface area (Å²) in [6.07, 6.45) is 5.71. The highest BCUT2D eigenvalue weighted by Gasteiger charge is 2.36. The van der Waals surface area contributed by atoms with Crippen molar-refractivity contribution in [3.8, 4) is 0 Å². The van der Waals surface area contributed by atoms with Gasteiger partial charge in [-0.25, -0.2) is 0 Å². The van der Waals surface area contributed by atoms with Gasteiger partial charge in [-0.05, 0) is 42.5 Å². The second-order valence-corrected chi connectivity index (χ2v) is 5.55. The molecule has 1 saturated heterocycles. The number of hydrogen-bond donors (Lipinski definition) is 2. The number of aromatic nitrogens is 1. The zero-order valence-corrected chi connectivity index (χ0v) is 11.1. The number of amides is 1. The van der Waals surface area contributed by atoms with E-state index in [1.165, 1.54) is 0 Å². The highest BCUT2D eigenvalue weighted by atomic mass is 16.2. The number of carbonyl (C=O) groups is 1. The molecule has 2 N–H and O–H groups in total. The van der Waals surface area contributed by atoms with E-state index < -0.39 is 0 Å². The summed E-state index contributed by atoms with van der Waals surface area (Å²) in [6, 6.07) is 3.74. The van der Waals surface area contributed by atoms with Gasteiger partial charge < -0.3 is 10.6 Å². The Hall–Kier alpha value is -1.42. The molecule has 1 fully saturated rings. The van der Waals surface area contributed by atoms with Crippen molar-refractivity contribution in [1.29, 1.82) is 0 Å². The summed E-state index contributed by atoms with van der Waals surface area (Å²) in [6.45, 7) is 5.79. The van der Waals surface area contributed by atoms with Crippen LogP contribution in [0.4, 0.5) is 0 Å². The fourth-order valence-electron chi connectivity index (χ4n) is 2.45. The number of pyridine rings is 1. The van der Waals surface area contributed by atoms with Crippen molar-refractivity contribution >= 4 is 5.91 Å². The summed E-state index contributed by atoms with van der Waals surface area (Å²) in [5.74, 6) is 0.0940. The molecule has 2 rings (SSSR count). The van der Waals surface area contributed by atoms with Crippen LogP contribution in [0.25, 0.3) is 0 Å². The molecular formula is C14H21N3O. The lowest BCUT2D eigenvalue weighted by atomic mass is 9.77. The SMILES string of the molecule is CC1(C)CCCNC1C(=O)NCc1ccncc1. The standard InChI is InChI=1S/C14H21N3O/c1-14(2)6-3-7-16-12(14)13(18)17-10-11-4-8-15-9-5-11/h4-5,8-9,12,16H,3,6-7,10H2,1-2H3,(H,17,18). The van der Waals surface area contributed by atoms with Gasteiger partial charge in [-0.2, -0.15) is 0 Å². The van der Waals surface area contributed by atoms with Crippen molar-refractivity contribution in [2.45, 2.75) is 39.3 Å². The molecule has 0 bridgehead atoms. The molecule has 0 aliphatic carbocycles. The number of hydrogen-bond acceptors (Lipinski definition) is 3. The molecule has 1 aliphatic heterocycles. The van der Waals surface area contributed by atoms with Crippen molar-refractivity contribution in [2.24, 2.45) is 5.41 Å². The molecule has 0 spiro atoms. The van der Waals surface area contributed by atoms with Crippen molar-refractivity contribution < 1.29 is 4.79 Å². The highest BCUT2D eigenvalue weighted by molar-refractivity contribution is 5.82. The van der Waals surface area contributed by atoms with Gasteiger partial charge in [0.05, 0.1) is 6.04 Å². The first-order chi connectivity index (χ1) is 8.59. The van der Waals surface area contributed by atoms with Gasteiger partial charge in [-0.3, -0.25) is 9.78 Å². The Morgan fingerprint density at radius 3 is 2.89 bits per heavy atom. The number of nitrogens with zero attached hydrogens (tertiary/aromatic N) is 1. The number of carbonyl (C=O) groups excluding carboxylic acids is 1. The molecule has 1 aromatic rings. The van der Waals surface area contributed by atoms with Gasteiger partial charge in [0.2, 0.25) is 5.91 Å². The summed E-state index contributed by atoms with van der Waals surface area (Å²) in [5.41, 5.74) is 1.10. The molecule has 0 radical (unpaired) electrons. The normalized spacial score (nSPS) is 22.4. The van der Waals surface area contributed by atoms with Crippen LogP contribution in [0.2, 0.25) is 0 Å². The Bertz CT molecular complexity index is 403. The largest absolute Gasteiger partial charge is 0.351 e. The van der Waals surface area contributed by atoms with Gasteiger partial charge in [-0.1, -0.05) is 13.8 Å². The summed E-state index contributed by atoms with van der Waals surface area (Å²) in [4.78, 5) is 16.2. The third-order valence-corrected chi connectivity index (χ3v) is 3.61. The summed E-state index contributed by atoms with van der Waals surface area (Å²) >= 11 is 0. The van der Waals surface area contributed by atoms with Crippen LogP contribution in [0, 0.1) is 5.41 Å². The third-order valence-electron chi connectivity index (χ3n) is 3.61. The lowest BCUT2D eigenvalue weighted by Crippen LogP contribution is -2.55. The summed E-state index contributed by atoms with van der Waals surface area (Å²) in [7, 11) is 0. The van der Waals surface area contributed by atoms with E-state index in [-0.39, 0.29) is 17.4 Å². The molecule has 0 saturated carbocycles. The van der Waals surface area contributed by atoms with Gasteiger partial charge in [0, 0.05) is 18.9 Å². The van der Waals surface area contributed by atoms with E-state index in [0.29, 0.717) is 6.54 Å². The first kappa shape index (κ1) is 13.0. The van der Waals surface area contributed by atoms with Crippen LogP contribution in [0.3, 0.4) is 0 Å². The van der Waals surface area contributed by atoms with Gasteiger partial charge >= 0.3 is 0 Å². The van der Waals surface area contributed by atoms with Crippen LogP contribution >= 0.6 is 0 Å². The van der Waals surface area contributed by atoms with E-state index in [0.717, 1.165) is 24.9 Å². The first-order valence-electron chi connectivity index (χ1n) is 6.49. The van der Waals surface area contributed by atoms with Gasteiger partial charge in [-0.15, -0.1) is 0 Å². The van der Waals surface area contributed by atoms with E-state index in [1.807, 2.05) is 12.1 Å². The highest BCUT2D eigenvalue weighted by Crippen LogP contribution is 2.30. The molecule has 18 heavy (non-hydrogen) atoms. The minimum absolute atomic E-state index is 0.0283. The molecule has 98 valence electrons. The molecule has 1 aliphatic rings. The number of piperidine rings is 1. The Labute approximate surface area is 108 Å².